The number of rotatable bonds is 7. The zero-order valence-corrected chi connectivity index (χ0v) is 17.5. The average Bonchev–Trinajstić information content (AvgIpc) is 3.04. The fourth-order valence-corrected chi connectivity index (χ4v) is 3.79. The molecule has 0 aliphatic carbocycles. The van der Waals surface area contributed by atoms with Gasteiger partial charge >= 0.3 is 0 Å². The fourth-order valence-electron chi connectivity index (χ4n) is 3.56. The van der Waals surface area contributed by atoms with Crippen LogP contribution in [-0.4, -0.2) is 57.2 Å². The number of phenols is 1. The van der Waals surface area contributed by atoms with Gasteiger partial charge in [0.2, 0.25) is 0 Å². The number of hydrogen-bond acceptors (Lipinski definition) is 4. The molecule has 2 heterocycles. The summed E-state index contributed by atoms with van der Waals surface area (Å²) >= 11 is 6.26. The highest BCUT2D eigenvalue weighted by molar-refractivity contribution is 6.31. The third kappa shape index (κ3) is 5.93. The van der Waals surface area contributed by atoms with E-state index in [4.69, 9.17) is 11.6 Å². The standard InChI is InChI=1S/C21H28ClFN4O2/c1-15(23)19-13-20(25-24-19)21(29)27(11-10-26-8-4-2-3-5-9-26)14-16-6-7-17(28)12-18(16)22/h6-7,12-13,15,28H,2-5,8-11,14H2,1H3,(H,24,25). The Bertz CT molecular complexity index is 819. The Hall–Kier alpha value is -2.12. The monoisotopic (exact) mass is 422 g/mol. The van der Waals surface area contributed by atoms with Gasteiger partial charge in [0, 0.05) is 24.7 Å². The van der Waals surface area contributed by atoms with Crippen LogP contribution < -0.4 is 0 Å². The summed E-state index contributed by atoms with van der Waals surface area (Å²) in [5.41, 5.74) is 1.21. The Morgan fingerprint density at radius 3 is 2.66 bits per heavy atom. The van der Waals surface area contributed by atoms with Crippen LogP contribution in [0.15, 0.2) is 24.3 Å². The average molecular weight is 423 g/mol. The number of phenolic OH excluding ortho intramolecular Hbond substituents is 1. The van der Waals surface area contributed by atoms with Crippen LogP contribution in [-0.2, 0) is 6.54 Å². The van der Waals surface area contributed by atoms with E-state index in [1.807, 2.05) is 0 Å². The number of alkyl halides is 1. The third-order valence-electron chi connectivity index (χ3n) is 5.32. The molecule has 2 N–H and O–H groups in total. The molecule has 6 nitrogen and oxygen atoms in total. The van der Waals surface area contributed by atoms with Gasteiger partial charge in [-0.25, -0.2) is 4.39 Å². The minimum absolute atomic E-state index is 0.0788. The predicted octanol–water partition coefficient (Wildman–Crippen LogP) is 4.32. The number of benzene rings is 1. The van der Waals surface area contributed by atoms with E-state index in [1.54, 1.807) is 17.0 Å². The van der Waals surface area contributed by atoms with Gasteiger partial charge in [-0.05, 0) is 56.6 Å². The molecular weight excluding hydrogens is 395 g/mol. The molecule has 0 saturated carbocycles. The number of aromatic amines is 1. The van der Waals surface area contributed by atoms with Crippen molar-refractivity contribution >= 4 is 17.5 Å². The number of aromatic nitrogens is 2. The first-order chi connectivity index (χ1) is 13.9. The minimum Gasteiger partial charge on any atom is -0.508 e. The summed E-state index contributed by atoms with van der Waals surface area (Å²) in [4.78, 5) is 17.2. The number of carbonyl (C=O) groups is 1. The van der Waals surface area contributed by atoms with Gasteiger partial charge in [0.15, 0.2) is 5.69 Å². The van der Waals surface area contributed by atoms with Crippen molar-refractivity contribution in [1.82, 2.24) is 20.0 Å². The molecule has 1 amide bonds. The van der Waals surface area contributed by atoms with Crippen molar-refractivity contribution in [1.29, 1.82) is 0 Å². The Kier molecular flexibility index (Phi) is 7.50. The topological polar surface area (TPSA) is 72.5 Å². The maximum absolute atomic E-state index is 13.5. The van der Waals surface area contributed by atoms with E-state index in [9.17, 15) is 14.3 Å². The Morgan fingerprint density at radius 1 is 1.31 bits per heavy atom. The summed E-state index contributed by atoms with van der Waals surface area (Å²) in [7, 11) is 0. The van der Waals surface area contributed by atoms with E-state index < -0.39 is 6.17 Å². The number of amides is 1. The second-order valence-electron chi connectivity index (χ2n) is 7.58. The largest absolute Gasteiger partial charge is 0.508 e. The molecule has 1 aliphatic heterocycles. The van der Waals surface area contributed by atoms with Crippen molar-refractivity contribution in [2.45, 2.75) is 45.3 Å². The number of nitrogens with zero attached hydrogens (tertiary/aromatic N) is 3. The molecular formula is C21H28ClFN4O2. The number of H-pyrrole nitrogens is 1. The van der Waals surface area contributed by atoms with Crippen LogP contribution in [0.4, 0.5) is 4.39 Å². The van der Waals surface area contributed by atoms with Crippen LogP contribution in [0.25, 0.3) is 0 Å². The van der Waals surface area contributed by atoms with Crippen LogP contribution in [0.2, 0.25) is 5.02 Å². The normalized spacial score (nSPS) is 16.4. The summed E-state index contributed by atoms with van der Waals surface area (Å²) in [5.74, 6) is -0.192. The summed E-state index contributed by atoms with van der Waals surface area (Å²) in [6.07, 6.45) is 3.63. The lowest BCUT2D eigenvalue weighted by atomic mass is 10.2. The SMILES string of the molecule is CC(F)c1cc(C(=O)N(CCN2CCCCCC2)Cc2ccc(O)cc2Cl)n[nH]1. The van der Waals surface area contributed by atoms with Gasteiger partial charge in [-0.3, -0.25) is 9.89 Å². The van der Waals surface area contributed by atoms with E-state index in [2.05, 4.69) is 15.1 Å². The van der Waals surface area contributed by atoms with E-state index in [0.717, 1.165) is 25.2 Å². The highest BCUT2D eigenvalue weighted by Gasteiger charge is 2.22. The Morgan fingerprint density at radius 2 is 2.03 bits per heavy atom. The van der Waals surface area contributed by atoms with Crippen molar-refractivity contribution in [3.8, 4) is 5.75 Å². The molecule has 29 heavy (non-hydrogen) atoms. The summed E-state index contributed by atoms with van der Waals surface area (Å²) in [6.45, 7) is 5.04. The van der Waals surface area contributed by atoms with E-state index in [-0.39, 0.29) is 23.0 Å². The maximum Gasteiger partial charge on any atom is 0.274 e. The van der Waals surface area contributed by atoms with Crippen LogP contribution in [0, 0.1) is 0 Å². The first-order valence-electron chi connectivity index (χ1n) is 10.1. The van der Waals surface area contributed by atoms with Gasteiger partial charge < -0.3 is 14.9 Å². The van der Waals surface area contributed by atoms with Crippen LogP contribution >= 0.6 is 11.6 Å². The van der Waals surface area contributed by atoms with E-state index in [1.165, 1.54) is 44.7 Å². The second kappa shape index (κ2) is 10.1. The third-order valence-corrected chi connectivity index (χ3v) is 5.67. The second-order valence-corrected chi connectivity index (χ2v) is 7.99. The lowest BCUT2D eigenvalue weighted by Gasteiger charge is -2.27. The Balaban J connectivity index is 1.76. The molecule has 0 bridgehead atoms. The van der Waals surface area contributed by atoms with Gasteiger partial charge in [-0.15, -0.1) is 0 Å². The van der Waals surface area contributed by atoms with Crippen molar-refractivity contribution in [3.05, 3.63) is 46.2 Å². The molecule has 1 aliphatic rings. The van der Waals surface area contributed by atoms with Crippen molar-refractivity contribution in [2.24, 2.45) is 0 Å². The van der Waals surface area contributed by atoms with Crippen LogP contribution in [0.1, 0.15) is 60.5 Å². The van der Waals surface area contributed by atoms with Gasteiger partial charge in [-0.1, -0.05) is 30.5 Å². The molecule has 0 spiro atoms. The van der Waals surface area contributed by atoms with E-state index in [0.29, 0.717) is 18.1 Å². The number of aromatic hydroxyl groups is 1. The molecule has 8 heteroatoms. The van der Waals surface area contributed by atoms with Crippen molar-refractivity contribution < 1.29 is 14.3 Å². The number of hydrogen-bond donors (Lipinski definition) is 2. The molecule has 0 radical (unpaired) electrons. The van der Waals surface area contributed by atoms with Gasteiger partial charge in [0.25, 0.3) is 5.91 Å². The zero-order valence-electron chi connectivity index (χ0n) is 16.7. The molecule has 158 valence electrons. The summed E-state index contributed by atoms with van der Waals surface area (Å²) in [5, 5.41) is 16.6. The molecule has 1 aromatic carbocycles. The lowest BCUT2D eigenvalue weighted by molar-refractivity contribution is 0.0716. The van der Waals surface area contributed by atoms with Crippen LogP contribution in [0.3, 0.4) is 0 Å². The molecule has 3 rings (SSSR count). The minimum atomic E-state index is -1.22. The van der Waals surface area contributed by atoms with Gasteiger partial charge in [0.1, 0.15) is 11.9 Å². The first-order valence-corrected chi connectivity index (χ1v) is 10.5. The molecule has 1 saturated heterocycles. The van der Waals surface area contributed by atoms with E-state index >= 15 is 0 Å². The molecule has 1 unspecified atom stereocenters. The number of likely N-dealkylation sites (tertiary alicyclic amines) is 1. The van der Waals surface area contributed by atoms with Crippen molar-refractivity contribution in [3.63, 3.8) is 0 Å². The number of carbonyl (C=O) groups excluding carboxylic acids is 1. The molecule has 1 fully saturated rings. The van der Waals surface area contributed by atoms with Gasteiger partial charge in [-0.2, -0.15) is 5.10 Å². The quantitative estimate of drug-likeness (QED) is 0.697. The molecule has 1 aromatic heterocycles. The lowest BCUT2D eigenvalue weighted by Crippen LogP contribution is -2.39. The van der Waals surface area contributed by atoms with Crippen LogP contribution in [0.5, 0.6) is 5.75 Å². The van der Waals surface area contributed by atoms with Gasteiger partial charge in [0.05, 0.1) is 5.69 Å². The highest BCUT2D eigenvalue weighted by Crippen LogP contribution is 2.24. The summed E-state index contributed by atoms with van der Waals surface area (Å²) in [6, 6.07) is 6.19. The maximum atomic E-state index is 13.5. The number of nitrogens with one attached hydrogen (secondary N) is 1. The zero-order chi connectivity index (χ0) is 20.8. The molecule has 1 atom stereocenters. The smallest absolute Gasteiger partial charge is 0.274 e. The first kappa shape index (κ1) is 21.6. The fraction of sp³-hybridized carbons (Fsp3) is 0.524. The summed E-state index contributed by atoms with van der Waals surface area (Å²) < 4.78 is 13.5. The highest BCUT2D eigenvalue weighted by atomic mass is 35.5. The van der Waals surface area contributed by atoms with Crippen molar-refractivity contribution in [2.75, 3.05) is 26.2 Å². The predicted molar refractivity (Wildman–Crippen MR) is 111 cm³/mol. The number of halogens is 2. The Labute approximate surface area is 175 Å². The molecule has 2 aromatic rings.